The summed E-state index contributed by atoms with van der Waals surface area (Å²) in [4.78, 5) is 46.3. The van der Waals surface area contributed by atoms with E-state index in [1.807, 2.05) is 9.80 Å². The Morgan fingerprint density at radius 1 is 1.23 bits per heavy atom. The lowest BCUT2D eigenvalue weighted by Gasteiger charge is -2.36. The van der Waals surface area contributed by atoms with Gasteiger partial charge in [-0.1, -0.05) is 0 Å². The predicted molar refractivity (Wildman–Crippen MR) is 91.3 cm³/mol. The average Bonchev–Trinajstić information content (AvgIpc) is 2.87. The molecule has 8 heteroatoms. The van der Waals surface area contributed by atoms with E-state index in [1.54, 1.807) is 24.5 Å². The number of nitrogens with zero attached hydrogens (tertiary/aromatic N) is 4. The van der Waals surface area contributed by atoms with Crippen LogP contribution >= 0.6 is 0 Å². The number of pyridine rings is 1. The maximum atomic E-state index is 12.8. The molecule has 4 saturated heterocycles. The molecule has 0 aliphatic carbocycles. The molecule has 5 rings (SSSR count). The minimum Gasteiger partial charge on any atom is -0.448 e. The second-order valence-corrected chi connectivity index (χ2v) is 7.13. The average molecular weight is 358 g/mol. The van der Waals surface area contributed by atoms with Crippen LogP contribution in [0.3, 0.4) is 0 Å². The molecule has 5 heterocycles. The van der Waals surface area contributed by atoms with E-state index < -0.39 is 6.09 Å². The third-order valence-corrected chi connectivity index (χ3v) is 5.40. The first kappa shape index (κ1) is 16.8. The Hall–Kier alpha value is -2.64. The number of carbonyl (C=O) groups excluding carboxylic acids is 3. The minimum atomic E-state index is -0.424. The van der Waals surface area contributed by atoms with Crippen LogP contribution in [0.1, 0.15) is 23.2 Å². The zero-order valence-corrected chi connectivity index (χ0v) is 14.5. The molecule has 138 valence electrons. The Labute approximate surface area is 151 Å². The highest BCUT2D eigenvalue weighted by Gasteiger charge is 2.39. The van der Waals surface area contributed by atoms with E-state index in [-0.39, 0.29) is 30.3 Å². The number of aromatic nitrogens is 1. The second kappa shape index (κ2) is 6.93. The smallest absolute Gasteiger partial charge is 0.410 e. The topological polar surface area (TPSA) is 83.0 Å². The number of cyclic esters (lactones) is 1. The predicted octanol–water partition coefficient (Wildman–Crippen LogP) is 0.597. The van der Waals surface area contributed by atoms with Gasteiger partial charge in [-0.3, -0.25) is 19.5 Å². The van der Waals surface area contributed by atoms with Crippen LogP contribution < -0.4 is 0 Å². The number of rotatable bonds is 3. The Kier molecular flexibility index (Phi) is 4.48. The molecule has 0 saturated carbocycles. The van der Waals surface area contributed by atoms with Crippen molar-refractivity contribution in [2.24, 2.45) is 5.92 Å². The molecule has 0 aromatic carbocycles. The van der Waals surface area contributed by atoms with E-state index in [0.29, 0.717) is 38.3 Å². The summed E-state index contributed by atoms with van der Waals surface area (Å²) < 4.78 is 4.90. The van der Waals surface area contributed by atoms with Crippen molar-refractivity contribution in [1.29, 1.82) is 0 Å². The van der Waals surface area contributed by atoms with Crippen LogP contribution in [0.4, 0.5) is 4.79 Å². The van der Waals surface area contributed by atoms with Gasteiger partial charge >= 0.3 is 6.09 Å². The second-order valence-electron chi connectivity index (χ2n) is 7.13. The summed E-state index contributed by atoms with van der Waals surface area (Å²) in [5.74, 6) is 0.172. The van der Waals surface area contributed by atoms with Gasteiger partial charge in [-0.2, -0.15) is 0 Å². The number of hydrogen-bond donors (Lipinski definition) is 0. The maximum absolute atomic E-state index is 12.8. The van der Waals surface area contributed by atoms with Gasteiger partial charge in [0.1, 0.15) is 13.2 Å². The van der Waals surface area contributed by atoms with E-state index in [0.717, 1.165) is 12.8 Å². The minimum absolute atomic E-state index is 0.000458. The fourth-order valence-electron chi connectivity index (χ4n) is 4.05. The molecule has 4 aliphatic rings. The molecule has 0 radical (unpaired) electrons. The number of ether oxygens (including phenoxy) is 1. The van der Waals surface area contributed by atoms with E-state index >= 15 is 0 Å². The van der Waals surface area contributed by atoms with Crippen LogP contribution in [0.5, 0.6) is 0 Å². The molecule has 4 fully saturated rings. The highest BCUT2D eigenvalue weighted by molar-refractivity contribution is 5.94. The Bertz CT molecular complexity index is 710. The number of fused-ring (bicyclic) bond motifs is 4. The van der Waals surface area contributed by atoms with Gasteiger partial charge in [-0.15, -0.1) is 0 Å². The van der Waals surface area contributed by atoms with Crippen molar-refractivity contribution in [3.63, 3.8) is 0 Å². The van der Waals surface area contributed by atoms with Crippen LogP contribution in [-0.4, -0.2) is 83.0 Å². The quantitative estimate of drug-likeness (QED) is 0.790. The van der Waals surface area contributed by atoms with Gasteiger partial charge in [0, 0.05) is 38.1 Å². The maximum Gasteiger partial charge on any atom is 0.410 e. The molecule has 3 amide bonds. The molecule has 26 heavy (non-hydrogen) atoms. The summed E-state index contributed by atoms with van der Waals surface area (Å²) >= 11 is 0. The fourth-order valence-corrected chi connectivity index (χ4v) is 4.05. The summed E-state index contributed by atoms with van der Waals surface area (Å²) in [5, 5.41) is 0. The summed E-state index contributed by atoms with van der Waals surface area (Å²) in [6, 6.07) is 3.52. The molecule has 1 aromatic heterocycles. The van der Waals surface area contributed by atoms with Crippen molar-refractivity contribution in [2.45, 2.75) is 18.9 Å². The molecule has 1 aromatic rings. The number of carbonyl (C=O) groups is 3. The first-order valence-electron chi connectivity index (χ1n) is 9.02. The van der Waals surface area contributed by atoms with Gasteiger partial charge < -0.3 is 14.5 Å². The van der Waals surface area contributed by atoms with Crippen LogP contribution in [-0.2, 0) is 9.53 Å². The molecule has 4 aliphatic heterocycles. The number of amides is 3. The zero-order chi connectivity index (χ0) is 18.1. The fraction of sp³-hybridized carbons (Fsp3) is 0.556. The molecule has 8 nitrogen and oxygen atoms in total. The first-order valence-corrected chi connectivity index (χ1v) is 9.02. The lowest BCUT2D eigenvalue weighted by atomic mass is 9.95. The molecule has 2 atom stereocenters. The third-order valence-electron chi connectivity index (χ3n) is 5.40. The summed E-state index contributed by atoms with van der Waals surface area (Å²) in [6.45, 7) is 2.67. The molecular weight excluding hydrogens is 336 g/mol. The van der Waals surface area contributed by atoms with Crippen LogP contribution in [0, 0.1) is 5.92 Å². The molecule has 2 bridgehead atoms. The van der Waals surface area contributed by atoms with Crippen LogP contribution in [0.25, 0.3) is 0 Å². The lowest BCUT2D eigenvalue weighted by molar-refractivity contribution is -0.135. The van der Waals surface area contributed by atoms with Gasteiger partial charge in [0.15, 0.2) is 0 Å². The van der Waals surface area contributed by atoms with Crippen molar-refractivity contribution >= 4 is 17.9 Å². The molecular formula is C18H22N4O4. The van der Waals surface area contributed by atoms with Crippen molar-refractivity contribution in [3.8, 4) is 0 Å². The van der Waals surface area contributed by atoms with E-state index in [1.165, 1.54) is 4.90 Å². The van der Waals surface area contributed by atoms with Crippen molar-refractivity contribution in [1.82, 2.24) is 19.7 Å². The Balaban J connectivity index is 1.45. The Morgan fingerprint density at radius 3 is 2.85 bits per heavy atom. The summed E-state index contributed by atoms with van der Waals surface area (Å²) in [7, 11) is 0. The summed E-state index contributed by atoms with van der Waals surface area (Å²) in [5.41, 5.74) is 0.575. The lowest BCUT2D eigenvalue weighted by Crippen LogP contribution is -2.51. The van der Waals surface area contributed by atoms with Gasteiger partial charge in [-0.05, 0) is 30.9 Å². The normalized spacial score (nSPS) is 25.2. The van der Waals surface area contributed by atoms with Gasteiger partial charge in [-0.25, -0.2) is 4.79 Å². The highest BCUT2D eigenvalue weighted by Crippen LogP contribution is 2.29. The van der Waals surface area contributed by atoms with Gasteiger partial charge in [0.05, 0.1) is 12.1 Å². The monoisotopic (exact) mass is 358 g/mol. The summed E-state index contributed by atoms with van der Waals surface area (Å²) in [6.07, 6.45) is 4.70. The van der Waals surface area contributed by atoms with Crippen molar-refractivity contribution < 1.29 is 19.1 Å². The third kappa shape index (κ3) is 3.23. The Morgan fingerprint density at radius 2 is 2.12 bits per heavy atom. The molecule has 0 spiro atoms. The van der Waals surface area contributed by atoms with Gasteiger partial charge in [0.2, 0.25) is 5.91 Å². The zero-order valence-electron chi connectivity index (χ0n) is 14.5. The van der Waals surface area contributed by atoms with Crippen molar-refractivity contribution in [2.75, 3.05) is 39.3 Å². The molecule has 0 unspecified atom stereocenters. The number of piperidine rings is 1. The van der Waals surface area contributed by atoms with Crippen molar-refractivity contribution in [3.05, 3.63) is 30.1 Å². The van der Waals surface area contributed by atoms with Gasteiger partial charge in [0.25, 0.3) is 5.91 Å². The molecule has 0 N–H and O–H groups in total. The largest absolute Gasteiger partial charge is 0.448 e. The van der Waals surface area contributed by atoms with E-state index in [9.17, 15) is 14.4 Å². The number of hydrogen-bond acceptors (Lipinski definition) is 5. The first-order chi connectivity index (χ1) is 12.6. The van der Waals surface area contributed by atoms with Crippen LogP contribution in [0.15, 0.2) is 24.5 Å². The SMILES string of the molecule is O=C1OCCN1CC(=O)N1C[C@@H]2CC[C@H]1CN(C(=O)c1cccnc1)C2. The van der Waals surface area contributed by atoms with E-state index in [4.69, 9.17) is 4.74 Å². The highest BCUT2D eigenvalue weighted by atomic mass is 16.6. The van der Waals surface area contributed by atoms with E-state index in [2.05, 4.69) is 4.98 Å². The standard InChI is InChI=1S/C18H22N4O4/c23-16(12-20-6-7-26-18(20)25)22-10-13-3-4-15(22)11-21(9-13)17(24)14-2-1-5-19-8-14/h1-2,5,8,13,15H,3-4,6-7,9-12H2/t13-,15+/m1/s1. The van der Waals surface area contributed by atoms with Crippen LogP contribution in [0.2, 0.25) is 0 Å².